The summed E-state index contributed by atoms with van der Waals surface area (Å²) >= 11 is 0. The van der Waals surface area contributed by atoms with Crippen LogP contribution in [0.4, 0.5) is 0 Å². The van der Waals surface area contributed by atoms with Gasteiger partial charge < -0.3 is 14.2 Å². The smallest absolute Gasteiger partial charge is 0.119 e. The van der Waals surface area contributed by atoms with Crippen molar-refractivity contribution in [2.24, 2.45) is 0 Å². The standard InChI is InChI=1S/C14H20N2O.C3H8.2C2H6/c1-11(15(2)3)10-16-8-7-12-9-13(17-4)5-6-14(12)16;1-3-2;2*1-2/h5-9,11H,10H2,1-4H3;3H2,1-2H3;2*1-2H3. The quantitative estimate of drug-likeness (QED) is 0.674. The van der Waals surface area contributed by atoms with Gasteiger partial charge in [0.05, 0.1) is 7.11 Å². The summed E-state index contributed by atoms with van der Waals surface area (Å²) in [5.41, 5.74) is 1.26. The highest BCUT2D eigenvalue weighted by Gasteiger charge is 2.08. The maximum atomic E-state index is 5.23. The van der Waals surface area contributed by atoms with E-state index in [1.165, 1.54) is 17.3 Å². The molecule has 1 atom stereocenters. The number of hydrogen-bond donors (Lipinski definition) is 0. The van der Waals surface area contributed by atoms with Crippen LogP contribution in [0, 0.1) is 0 Å². The molecular weight excluding hydrogens is 296 g/mol. The molecule has 0 fully saturated rings. The second kappa shape index (κ2) is 15.1. The zero-order valence-corrected chi connectivity index (χ0v) is 17.7. The van der Waals surface area contributed by atoms with Crippen molar-refractivity contribution in [2.45, 2.75) is 67.5 Å². The van der Waals surface area contributed by atoms with Gasteiger partial charge in [-0.1, -0.05) is 48.0 Å². The summed E-state index contributed by atoms with van der Waals surface area (Å²) in [6, 6.07) is 8.87. The van der Waals surface area contributed by atoms with E-state index in [2.05, 4.69) is 68.7 Å². The minimum absolute atomic E-state index is 0.521. The van der Waals surface area contributed by atoms with Crippen LogP contribution in [0.15, 0.2) is 30.5 Å². The SMILES string of the molecule is CC.CC.CCC.COc1ccc2c(ccn2CC(C)N(C)C)c1. The fourth-order valence-electron chi connectivity index (χ4n) is 1.91. The highest BCUT2D eigenvalue weighted by molar-refractivity contribution is 5.81. The van der Waals surface area contributed by atoms with Crippen molar-refractivity contribution in [2.75, 3.05) is 21.2 Å². The number of rotatable bonds is 4. The minimum Gasteiger partial charge on any atom is -0.497 e. The fraction of sp³-hybridized carbons (Fsp3) is 0.619. The molecule has 2 aromatic rings. The molecule has 2 rings (SSSR count). The molecule has 1 heterocycles. The lowest BCUT2D eigenvalue weighted by Gasteiger charge is -2.20. The molecular formula is C21H40N2O. The van der Waals surface area contributed by atoms with Crippen LogP contribution in [-0.2, 0) is 6.54 Å². The molecule has 0 aliphatic carbocycles. The Morgan fingerprint density at radius 3 is 2.04 bits per heavy atom. The van der Waals surface area contributed by atoms with E-state index in [4.69, 9.17) is 4.74 Å². The third-order valence-corrected chi connectivity index (χ3v) is 3.32. The first kappa shape index (κ1) is 24.8. The van der Waals surface area contributed by atoms with E-state index < -0.39 is 0 Å². The molecule has 1 unspecified atom stereocenters. The molecule has 1 aromatic carbocycles. The topological polar surface area (TPSA) is 17.4 Å². The summed E-state index contributed by atoms with van der Waals surface area (Å²) in [5.74, 6) is 0.913. The maximum Gasteiger partial charge on any atom is 0.119 e. The van der Waals surface area contributed by atoms with Crippen LogP contribution in [0.3, 0.4) is 0 Å². The molecule has 140 valence electrons. The van der Waals surface area contributed by atoms with Crippen molar-refractivity contribution >= 4 is 10.9 Å². The van der Waals surface area contributed by atoms with Crippen molar-refractivity contribution in [3.63, 3.8) is 0 Å². The van der Waals surface area contributed by atoms with Gasteiger partial charge in [-0.05, 0) is 45.3 Å². The van der Waals surface area contributed by atoms with Crippen molar-refractivity contribution < 1.29 is 4.74 Å². The van der Waals surface area contributed by atoms with Gasteiger partial charge in [0.15, 0.2) is 0 Å². The van der Waals surface area contributed by atoms with Gasteiger partial charge in [0, 0.05) is 29.7 Å². The van der Waals surface area contributed by atoms with E-state index in [1.807, 2.05) is 33.8 Å². The van der Waals surface area contributed by atoms with Crippen LogP contribution in [-0.4, -0.2) is 36.7 Å². The number of hydrogen-bond acceptors (Lipinski definition) is 2. The third-order valence-electron chi connectivity index (χ3n) is 3.32. The number of benzene rings is 1. The Hall–Kier alpha value is -1.48. The van der Waals surface area contributed by atoms with E-state index in [0.717, 1.165) is 12.3 Å². The number of nitrogens with zero attached hydrogens (tertiary/aromatic N) is 2. The van der Waals surface area contributed by atoms with E-state index in [9.17, 15) is 0 Å². The van der Waals surface area contributed by atoms with Crippen LogP contribution in [0.5, 0.6) is 5.75 Å². The van der Waals surface area contributed by atoms with E-state index in [-0.39, 0.29) is 0 Å². The Morgan fingerprint density at radius 1 is 1.04 bits per heavy atom. The number of fused-ring (bicyclic) bond motifs is 1. The summed E-state index contributed by atoms with van der Waals surface area (Å²) in [4.78, 5) is 2.23. The molecule has 0 saturated carbocycles. The summed E-state index contributed by atoms with van der Waals surface area (Å²) in [6.45, 7) is 15.5. The van der Waals surface area contributed by atoms with Crippen LogP contribution in [0.25, 0.3) is 10.9 Å². The Balaban J connectivity index is 0. The first-order valence-electron chi connectivity index (χ1n) is 9.32. The molecule has 0 bridgehead atoms. The minimum atomic E-state index is 0.521. The van der Waals surface area contributed by atoms with Crippen molar-refractivity contribution in [1.82, 2.24) is 9.47 Å². The molecule has 0 radical (unpaired) electrons. The lowest BCUT2D eigenvalue weighted by Crippen LogP contribution is -2.28. The molecule has 0 amide bonds. The van der Waals surface area contributed by atoms with Gasteiger partial charge in [-0.2, -0.15) is 0 Å². The number of ether oxygens (including phenoxy) is 1. The largest absolute Gasteiger partial charge is 0.497 e. The van der Waals surface area contributed by atoms with Gasteiger partial charge in [-0.25, -0.2) is 0 Å². The monoisotopic (exact) mass is 336 g/mol. The van der Waals surface area contributed by atoms with Crippen LogP contribution >= 0.6 is 0 Å². The second-order valence-electron chi connectivity index (χ2n) is 5.41. The molecule has 0 spiro atoms. The molecule has 1 aromatic heterocycles. The van der Waals surface area contributed by atoms with Gasteiger partial charge in [-0.15, -0.1) is 0 Å². The molecule has 3 heteroatoms. The van der Waals surface area contributed by atoms with Crippen molar-refractivity contribution in [3.8, 4) is 5.75 Å². The Kier molecular flexibility index (Phi) is 15.6. The highest BCUT2D eigenvalue weighted by Crippen LogP contribution is 2.22. The molecule has 0 aliphatic rings. The summed E-state index contributed by atoms with van der Waals surface area (Å²) < 4.78 is 7.52. The summed E-state index contributed by atoms with van der Waals surface area (Å²) in [6.07, 6.45) is 3.39. The predicted molar refractivity (Wildman–Crippen MR) is 110 cm³/mol. The fourth-order valence-corrected chi connectivity index (χ4v) is 1.91. The predicted octanol–water partition coefficient (Wildman–Crippen LogP) is 6.07. The first-order valence-corrected chi connectivity index (χ1v) is 9.32. The van der Waals surface area contributed by atoms with Crippen molar-refractivity contribution in [1.29, 1.82) is 0 Å². The Morgan fingerprint density at radius 2 is 1.58 bits per heavy atom. The average molecular weight is 337 g/mol. The molecule has 0 saturated heterocycles. The van der Waals surface area contributed by atoms with Crippen LogP contribution in [0.1, 0.15) is 54.9 Å². The first-order chi connectivity index (χ1) is 11.5. The Labute approximate surface area is 150 Å². The Bertz CT molecular complexity index is 518. The lowest BCUT2D eigenvalue weighted by molar-refractivity contribution is 0.286. The molecule has 3 nitrogen and oxygen atoms in total. The van der Waals surface area contributed by atoms with Gasteiger partial charge in [0.25, 0.3) is 0 Å². The van der Waals surface area contributed by atoms with Gasteiger partial charge >= 0.3 is 0 Å². The lowest BCUT2D eigenvalue weighted by atomic mass is 10.2. The molecule has 0 aliphatic heterocycles. The summed E-state index contributed by atoms with van der Waals surface area (Å²) in [7, 11) is 5.92. The highest BCUT2D eigenvalue weighted by atomic mass is 16.5. The number of aromatic nitrogens is 1. The van der Waals surface area contributed by atoms with E-state index in [1.54, 1.807) is 7.11 Å². The van der Waals surface area contributed by atoms with Crippen LogP contribution < -0.4 is 4.74 Å². The number of likely N-dealkylation sites (N-methyl/N-ethyl adjacent to an activating group) is 1. The van der Waals surface area contributed by atoms with Crippen LogP contribution in [0.2, 0.25) is 0 Å². The second-order valence-corrected chi connectivity index (χ2v) is 5.41. The average Bonchev–Trinajstić information content (AvgIpc) is 3.01. The molecule has 24 heavy (non-hydrogen) atoms. The van der Waals surface area contributed by atoms with E-state index >= 15 is 0 Å². The third kappa shape index (κ3) is 8.39. The van der Waals surface area contributed by atoms with Crippen molar-refractivity contribution in [3.05, 3.63) is 30.5 Å². The van der Waals surface area contributed by atoms with Gasteiger partial charge in [-0.3, -0.25) is 0 Å². The normalized spacial score (nSPS) is 10.6. The van der Waals surface area contributed by atoms with E-state index in [0.29, 0.717) is 6.04 Å². The summed E-state index contributed by atoms with van der Waals surface area (Å²) in [5, 5.41) is 1.23. The zero-order chi connectivity index (χ0) is 19.1. The van der Waals surface area contributed by atoms with Gasteiger partial charge in [0.2, 0.25) is 0 Å². The maximum absolute atomic E-state index is 5.23. The van der Waals surface area contributed by atoms with Gasteiger partial charge in [0.1, 0.15) is 5.75 Å². The molecule has 0 N–H and O–H groups in total. The zero-order valence-electron chi connectivity index (χ0n) is 17.7. The number of methoxy groups -OCH3 is 1.